The average Bonchev–Trinajstić information content (AvgIpc) is 3.02. The van der Waals surface area contributed by atoms with Gasteiger partial charge in [-0.1, -0.05) is 5.21 Å². The van der Waals surface area contributed by atoms with Crippen molar-refractivity contribution in [3.63, 3.8) is 0 Å². The number of carboxylic acid groups (broad SMARTS) is 1. The lowest BCUT2D eigenvalue weighted by atomic mass is 10.1. The van der Waals surface area contributed by atoms with Gasteiger partial charge in [0.25, 0.3) is 0 Å². The molecule has 2 aliphatic rings. The Kier molecular flexibility index (Phi) is 3.07. The van der Waals surface area contributed by atoms with Crippen LogP contribution in [0.5, 0.6) is 0 Å². The smallest absolute Gasteiger partial charge is 0.358 e. The van der Waals surface area contributed by atoms with Crippen molar-refractivity contribution < 1.29 is 14.7 Å². The molecule has 0 aromatic carbocycles. The van der Waals surface area contributed by atoms with Gasteiger partial charge in [0.15, 0.2) is 5.69 Å². The Labute approximate surface area is 116 Å². The maximum Gasteiger partial charge on any atom is 0.358 e. The number of likely N-dealkylation sites (tertiary alicyclic amines) is 1. The summed E-state index contributed by atoms with van der Waals surface area (Å²) in [6, 6.07) is 0.0561. The number of carboxylic acids is 1. The molecule has 0 unspecified atom stereocenters. The van der Waals surface area contributed by atoms with Crippen LogP contribution < -0.4 is 0 Å². The number of hydrogen-bond donors (Lipinski definition) is 1. The first-order valence-corrected chi connectivity index (χ1v) is 6.69. The summed E-state index contributed by atoms with van der Waals surface area (Å²) < 4.78 is 1.52. The Morgan fingerprint density at radius 2 is 2.15 bits per heavy atom. The van der Waals surface area contributed by atoms with E-state index in [1.807, 2.05) is 7.05 Å². The number of urea groups is 1. The quantitative estimate of drug-likeness (QED) is 0.855. The fraction of sp³-hybridized carbons (Fsp3) is 0.667. The molecule has 2 heterocycles. The van der Waals surface area contributed by atoms with E-state index in [2.05, 4.69) is 10.3 Å². The molecule has 0 spiro atoms. The molecule has 2 amide bonds. The van der Waals surface area contributed by atoms with Gasteiger partial charge >= 0.3 is 12.0 Å². The second-order valence-corrected chi connectivity index (χ2v) is 5.55. The Morgan fingerprint density at radius 3 is 2.70 bits per heavy atom. The van der Waals surface area contributed by atoms with Crippen molar-refractivity contribution >= 4 is 12.0 Å². The van der Waals surface area contributed by atoms with Crippen molar-refractivity contribution in [1.82, 2.24) is 24.8 Å². The second-order valence-electron chi connectivity index (χ2n) is 5.55. The molecule has 3 rings (SSSR count). The Balaban J connectivity index is 1.52. The van der Waals surface area contributed by atoms with Gasteiger partial charge in [-0.05, 0) is 18.8 Å². The van der Waals surface area contributed by atoms with E-state index in [4.69, 9.17) is 5.11 Å². The summed E-state index contributed by atoms with van der Waals surface area (Å²) in [5.41, 5.74) is -0.0689. The first kappa shape index (κ1) is 12.9. The molecule has 1 aromatic heterocycles. The van der Waals surface area contributed by atoms with Crippen molar-refractivity contribution in [3.8, 4) is 0 Å². The van der Waals surface area contributed by atoms with Crippen LogP contribution in [0.3, 0.4) is 0 Å². The highest BCUT2D eigenvalue weighted by molar-refractivity contribution is 5.84. The van der Waals surface area contributed by atoms with Gasteiger partial charge < -0.3 is 14.9 Å². The van der Waals surface area contributed by atoms with Crippen LogP contribution in [-0.2, 0) is 0 Å². The molecule has 1 aliphatic heterocycles. The molecular formula is C12H17N5O3. The van der Waals surface area contributed by atoms with E-state index in [0.29, 0.717) is 19.0 Å². The summed E-state index contributed by atoms with van der Waals surface area (Å²) in [6.45, 7) is 1.93. The van der Waals surface area contributed by atoms with Crippen molar-refractivity contribution in [1.29, 1.82) is 0 Å². The first-order valence-electron chi connectivity index (χ1n) is 6.69. The molecule has 1 saturated carbocycles. The number of rotatable bonds is 4. The molecule has 0 atom stereocenters. The van der Waals surface area contributed by atoms with E-state index in [0.717, 1.165) is 6.54 Å². The van der Waals surface area contributed by atoms with Gasteiger partial charge in [0.2, 0.25) is 0 Å². The topological polar surface area (TPSA) is 91.6 Å². The minimum atomic E-state index is -1.09. The number of hydrogen-bond acceptors (Lipinski definition) is 4. The minimum Gasteiger partial charge on any atom is -0.476 e. The zero-order valence-corrected chi connectivity index (χ0v) is 11.3. The Hall–Kier alpha value is -2.12. The van der Waals surface area contributed by atoms with Crippen molar-refractivity contribution in [2.24, 2.45) is 5.92 Å². The van der Waals surface area contributed by atoms with Crippen LogP contribution in [0.1, 0.15) is 29.4 Å². The molecule has 20 heavy (non-hydrogen) atoms. The lowest BCUT2D eigenvalue weighted by Crippen LogP contribution is -2.55. The summed E-state index contributed by atoms with van der Waals surface area (Å²) in [6.07, 6.45) is 3.84. The van der Waals surface area contributed by atoms with Crippen LogP contribution in [0.2, 0.25) is 0 Å². The molecule has 0 bridgehead atoms. The lowest BCUT2D eigenvalue weighted by molar-refractivity contribution is 0.0689. The number of amides is 2. The van der Waals surface area contributed by atoms with Gasteiger partial charge in [0, 0.05) is 26.7 Å². The van der Waals surface area contributed by atoms with Gasteiger partial charge in [-0.25, -0.2) is 14.3 Å². The zero-order valence-electron chi connectivity index (χ0n) is 11.3. The van der Waals surface area contributed by atoms with Gasteiger partial charge in [0.1, 0.15) is 0 Å². The number of aromatic nitrogens is 3. The van der Waals surface area contributed by atoms with Gasteiger partial charge in [0.05, 0.1) is 12.2 Å². The zero-order chi connectivity index (χ0) is 14.3. The van der Waals surface area contributed by atoms with E-state index < -0.39 is 5.97 Å². The van der Waals surface area contributed by atoms with Gasteiger partial charge in [-0.3, -0.25) is 0 Å². The highest BCUT2D eigenvalue weighted by Crippen LogP contribution is 2.30. The molecule has 8 heteroatoms. The Morgan fingerprint density at radius 1 is 1.45 bits per heavy atom. The summed E-state index contributed by atoms with van der Waals surface area (Å²) in [4.78, 5) is 26.3. The molecule has 2 fully saturated rings. The summed E-state index contributed by atoms with van der Waals surface area (Å²) in [5, 5.41) is 16.1. The summed E-state index contributed by atoms with van der Waals surface area (Å²) in [7, 11) is 1.83. The SMILES string of the molecule is CN(CC1CC1)C(=O)N1CC(n2cc(C(=O)O)nn2)C1. The van der Waals surface area contributed by atoms with Crippen molar-refractivity contribution in [2.75, 3.05) is 26.7 Å². The van der Waals surface area contributed by atoms with E-state index in [9.17, 15) is 9.59 Å². The highest BCUT2D eigenvalue weighted by Gasteiger charge is 2.35. The molecule has 8 nitrogen and oxygen atoms in total. The Bertz CT molecular complexity index is 533. The van der Waals surface area contributed by atoms with Crippen molar-refractivity contribution in [2.45, 2.75) is 18.9 Å². The van der Waals surface area contributed by atoms with Crippen LogP contribution in [-0.4, -0.2) is 68.6 Å². The van der Waals surface area contributed by atoms with Crippen LogP contribution in [0.4, 0.5) is 4.79 Å². The minimum absolute atomic E-state index is 0.0221. The molecule has 108 valence electrons. The number of carbonyl (C=O) groups excluding carboxylic acids is 1. The third-order valence-electron chi connectivity index (χ3n) is 3.79. The molecule has 1 N–H and O–H groups in total. The molecule has 1 aromatic rings. The van der Waals surface area contributed by atoms with Crippen LogP contribution in [0, 0.1) is 5.92 Å². The third kappa shape index (κ3) is 2.45. The fourth-order valence-corrected chi connectivity index (χ4v) is 2.34. The fourth-order valence-electron chi connectivity index (χ4n) is 2.34. The highest BCUT2D eigenvalue weighted by atomic mass is 16.4. The number of nitrogens with zero attached hydrogens (tertiary/aromatic N) is 5. The molecule has 1 saturated heterocycles. The normalized spacial score (nSPS) is 18.8. The first-order chi connectivity index (χ1) is 9.54. The van der Waals surface area contributed by atoms with Crippen LogP contribution in [0.25, 0.3) is 0 Å². The van der Waals surface area contributed by atoms with E-state index >= 15 is 0 Å². The number of aromatic carboxylic acids is 1. The summed E-state index contributed by atoms with van der Waals surface area (Å²) in [5.74, 6) is -0.415. The van der Waals surface area contributed by atoms with E-state index in [1.165, 1.54) is 23.7 Å². The molecular weight excluding hydrogens is 262 g/mol. The second kappa shape index (κ2) is 4.77. The molecule has 0 radical (unpaired) electrons. The van der Waals surface area contributed by atoms with Crippen molar-refractivity contribution in [3.05, 3.63) is 11.9 Å². The van der Waals surface area contributed by atoms with Gasteiger partial charge in [-0.15, -0.1) is 5.10 Å². The standard InChI is InChI=1S/C12H17N5O3/c1-15(4-8-2-3-8)12(20)16-5-9(6-16)17-7-10(11(18)19)13-14-17/h7-9H,2-6H2,1H3,(H,18,19). The lowest BCUT2D eigenvalue weighted by Gasteiger charge is -2.40. The van der Waals surface area contributed by atoms with E-state index in [-0.39, 0.29) is 17.8 Å². The van der Waals surface area contributed by atoms with E-state index in [1.54, 1.807) is 9.80 Å². The largest absolute Gasteiger partial charge is 0.476 e. The maximum absolute atomic E-state index is 12.1. The maximum atomic E-state index is 12.1. The predicted molar refractivity (Wildman–Crippen MR) is 68.3 cm³/mol. The van der Waals surface area contributed by atoms with Crippen LogP contribution in [0.15, 0.2) is 6.20 Å². The average molecular weight is 279 g/mol. The summed E-state index contributed by atoms with van der Waals surface area (Å²) >= 11 is 0. The monoisotopic (exact) mass is 279 g/mol. The van der Waals surface area contributed by atoms with Crippen LogP contribution >= 0.6 is 0 Å². The molecule has 1 aliphatic carbocycles. The number of carbonyl (C=O) groups is 2. The van der Waals surface area contributed by atoms with Gasteiger partial charge in [-0.2, -0.15) is 0 Å². The third-order valence-corrected chi connectivity index (χ3v) is 3.79. The predicted octanol–water partition coefficient (Wildman–Crippen LogP) is 0.295.